The van der Waals surface area contributed by atoms with Crippen molar-refractivity contribution in [3.63, 3.8) is 0 Å². The molecule has 2 fully saturated rings. The zero-order chi connectivity index (χ0) is 17.1. The number of benzene rings is 1. The molecule has 2 heterocycles. The van der Waals surface area contributed by atoms with Gasteiger partial charge in [-0.15, -0.1) is 0 Å². The number of nitrogens with one attached hydrogen (secondary N) is 1. The first kappa shape index (κ1) is 16.1. The smallest absolute Gasteiger partial charge is 0.317 e. The predicted molar refractivity (Wildman–Crippen MR) is 93.0 cm³/mol. The molecule has 0 bridgehead atoms. The first-order chi connectivity index (χ1) is 12.3. The van der Waals surface area contributed by atoms with E-state index < -0.39 is 0 Å². The normalized spacial score (nSPS) is 20.5. The minimum Gasteiger partial charge on any atom is -0.339 e. The molecule has 0 radical (unpaired) electrons. The van der Waals surface area contributed by atoms with Crippen molar-refractivity contribution in [3.05, 3.63) is 47.6 Å². The lowest BCUT2D eigenvalue weighted by molar-refractivity contribution is 0.161. The van der Waals surface area contributed by atoms with Gasteiger partial charge < -0.3 is 14.7 Å². The van der Waals surface area contributed by atoms with E-state index in [1.807, 2.05) is 35.2 Å². The van der Waals surface area contributed by atoms with Crippen LogP contribution in [-0.2, 0) is 13.0 Å². The summed E-state index contributed by atoms with van der Waals surface area (Å²) in [6.45, 7) is 2.13. The first-order valence-electron chi connectivity index (χ1n) is 9.17. The molecule has 1 aromatic heterocycles. The Balaban J connectivity index is 1.28. The lowest BCUT2D eigenvalue weighted by atomic mass is 9.95. The van der Waals surface area contributed by atoms with Crippen LogP contribution in [0.15, 0.2) is 34.9 Å². The molecule has 2 amide bonds. The molecule has 6 nitrogen and oxygen atoms in total. The van der Waals surface area contributed by atoms with Crippen LogP contribution in [0, 0.1) is 5.92 Å². The Morgan fingerprint density at radius 1 is 1.24 bits per heavy atom. The molecule has 0 spiro atoms. The van der Waals surface area contributed by atoms with Gasteiger partial charge in [0.2, 0.25) is 5.89 Å². The molecule has 1 saturated carbocycles. The number of amides is 2. The number of carbonyl (C=O) groups excluding carboxylic acids is 1. The molecule has 1 aliphatic carbocycles. The number of likely N-dealkylation sites (tertiary alicyclic amines) is 1. The molecule has 2 aromatic rings. The molecule has 6 heteroatoms. The van der Waals surface area contributed by atoms with Crippen molar-refractivity contribution < 1.29 is 9.32 Å². The summed E-state index contributed by atoms with van der Waals surface area (Å²) in [7, 11) is 0. The third-order valence-electron chi connectivity index (χ3n) is 4.98. The molecule has 132 valence electrons. The number of carbonyl (C=O) groups is 1. The van der Waals surface area contributed by atoms with Gasteiger partial charge in [0.1, 0.15) is 0 Å². The number of aromatic nitrogens is 2. The number of hydrogen-bond donors (Lipinski definition) is 1. The van der Waals surface area contributed by atoms with Crippen molar-refractivity contribution >= 4 is 6.03 Å². The number of rotatable bonds is 5. The second-order valence-electron chi connectivity index (χ2n) is 7.12. The van der Waals surface area contributed by atoms with Crippen molar-refractivity contribution in [2.24, 2.45) is 5.92 Å². The fraction of sp³-hybridized carbons (Fsp3) is 0.526. The van der Waals surface area contributed by atoms with E-state index in [2.05, 4.69) is 15.5 Å². The standard InChI is InChI=1S/C19H24N4O2/c24-19(20-12-14-5-2-1-3-6-14)23-10-4-7-15(13-23)11-17-21-18(22-25-17)16-8-9-16/h1-3,5-6,15-16H,4,7-13H2,(H,20,24). The van der Waals surface area contributed by atoms with Crippen molar-refractivity contribution in [3.8, 4) is 0 Å². The third kappa shape index (κ3) is 4.18. The van der Waals surface area contributed by atoms with E-state index in [-0.39, 0.29) is 6.03 Å². The quantitative estimate of drug-likeness (QED) is 0.908. The number of hydrogen-bond acceptors (Lipinski definition) is 4. The fourth-order valence-corrected chi connectivity index (χ4v) is 3.41. The maximum Gasteiger partial charge on any atom is 0.317 e. The second kappa shape index (κ2) is 7.25. The van der Waals surface area contributed by atoms with Crippen LogP contribution in [0.25, 0.3) is 0 Å². The summed E-state index contributed by atoms with van der Waals surface area (Å²) >= 11 is 0. The van der Waals surface area contributed by atoms with Crippen molar-refractivity contribution in [1.29, 1.82) is 0 Å². The molecule has 1 saturated heterocycles. The summed E-state index contributed by atoms with van der Waals surface area (Å²) in [5.74, 6) is 2.49. The maximum absolute atomic E-state index is 12.4. The Morgan fingerprint density at radius 3 is 2.88 bits per heavy atom. The second-order valence-corrected chi connectivity index (χ2v) is 7.12. The van der Waals surface area contributed by atoms with Crippen molar-refractivity contribution in [1.82, 2.24) is 20.4 Å². The molecule has 1 N–H and O–H groups in total. The predicted octanol–water partition coefficient (Wildman–Crippen LogP) is 3.11. The zero-order valence-electron chi connectivity index (χ0n) is 14.4. The van der Waals surface area contributed by atoms with E-state index in [0.717, 1.165) is 49.6 Å². The van der Waals surface area contributed by atoms with E-state index >= 15 is 0 Å². The van der Waals surface area contributed by atoms with Gasteiger partial charge >= 0.3 is 6.03 Å². The lowest BCUT2D eigenvalue weighted by Gasteiger charge is -2.32. The van der Waals surface area contributed by atoms with Gasteiger partial charge in [-0.2, -0.15) is 4.98 Å². The number of urea groups is 1. The Morgan fingerprint density at radius 2 is 2.08 bits per heavy atom. The summed E-state index contributed by atoms with van der Waals surface area (Å²) < 4.78 is 5.39. The van der Waals surface area contributed by atoms with Crippen molar-refractivity contribution in [2.75, 3.05) is 13.1 Å². The molecule has 4 rings (SSSR count). The van der Waals surface area contributed by atoms with Gasteiger partial charge in [-0.25, -0.2) is 4.79 Å². The summed E-state index contributed by atoms with van der Waals surface area (Å²) in [6.07, 6.45) is 5.24. The Labute approximate surface area is 147 Å². The van der Waals surface area contributed by atoms with Gasteiger partial charge in [0, 0.05) is 32.0 Å². The van der Waals surface area contributed by atoms with Crippen molar-refractivity contribution in [2.45, 2.75) is 44.6 Å². The Kier molecular flexibility index (Phi) is 4.68. The first-order valence-corrected chi connectivity index (χ1v) is 9.17. The van der Waals surface area contributed by atoms with Crippen LogP contribution in [0.4, 0.5) is 4.79 Å². The van der Waals surface area contributed by atoms with E-state index in [1.165, 1.54) is 12.8 Å². The molecular weight excluding hydrogens is 316 g/mol. The van der Waals surface area contributed by atoms with E-state index in [9.17, 15) is 4.79 Å². The monoisotopic (exact) mass is 340 g/mol. The van der Waals surface area contributed by atoms with Crippen LogP contribution in [0.3, 0.4) is 0 Å². The van der Waals surface area contributed by atoms with Gasteiger partial charge in [-0.05, 0) is 37.2 Å². The van der Waals surface area contributed by atoms with E-state index in [0.29, 0.717) is 18.4 Å². The Bertz CT molecular complexity index is 711. The highest BCUT2D eigenvalue weighted by Gasteiger charge is 2.30. The van der Waals surface area contributed by atoms with Crippen LogP contribution in [0.5, 0.6) is 0 Å². The number of nitrogens with zero attached hydrogens (tertiary/aromatic N) is 3. The SMILES string of the molecule is O=C(NCc1ccccc1)N1CCCC(Cc2nc(C3CC3)no2)C1. The van der Waals surface area contributed by atoms with Gasteiger partial charge in [-0.3, -0.25) is 0 Å². The summed E-state index contributed by atoms with van der Waals surface area (Å²) in [5.41, 5.74) is 1.11. The molecular formula is C19H24N4O2. The summed E-state index contributed by atoms with van der Waals surface area (Å²) in [6, 6.07) is 10.0. The van der Waals surface area contributed by atoms with E-state index in [4.69, 9.17) is 4.52 Å². The van der Waals surface area contributed by atoms with Gasteiger partial charge in [-0.1, -0.05) is 35.5 Å². The highest BCUT2D eigenvalue weighted by atomic mass is 16.5. The van der Waals surface area contributed by atoms with Crippen LogP contribution in [0.1, 0.15) is 48.9 Å². The highest BCUT2D eigenvalue weighted by Crippen LogP contribution is 2.38. The summed E-state index contributed by atoms with van der Waals surface area (Å²) in [4.78, 5) is 18.9. The average Bonchev–Trinajstić information content (AvgIpc) is 3.40. The van der Waals surface area contributed by atoms with Gasteiger partial charge in [0.05, 0.1) is 0 Å². The zero-order valence-corrected chi connectivity index (χ0v) is 14.4. The Hall–Kier alpha value is -2.37. The van der Waals surface area contributed by atoms with Crippen LogP contribution < -0.4 is 5.32 Å². The minimum absolute atomic E-state index is 0.0118. The topological polar surface area (TPSA) is 71.3 Å². The molecule has 1 aromatic carbocycles. The molecule has 25 heavy (non-hydrogen) atoms. The minimum atomic E-state index is 0.0118. The highest BCUT2D eigenvalue weighted by molar-refractivity contribution is 5.74. The molecule has 1 unspecified atom stereocenters. The molecule has 2 aliphatic rings. The maximum atomic E-state index is 12.4. The fourth-order valence-electron chi connectivity index (χ4n) is 3.41. The van der Waals surface area contributed by atoms with Crippen LogP contribution in [-0.4, -0.2) is 34.2 Å². The number of piperidine rings is 1. The third-order valence-corrected chi connectivity index (χ3v) is 4.98. The van der Waals surface area contributed by atoms with Gasteiger partial charge in [0.15, 0.2) is 5.82 Å². The largest absolute Gasteiger partial charge is 0.339 e. The average molecular weight is 340 g/mol. The summed E-state index contributed by atoms with van der Waals surface area (Å²) in [5, 5.41) is 7.10. The lowest BCUT2D eigenvalue weighted by Crippen LogP contribution is -2.45. The van der Waals surface area contributed by atoms with E-state index in [1.54, 1.807) is 0 Å². The van der Waals surface area contributed by atoms with Crippen LogP contribution in [0.2, 0.25) is 0 Å². The molecule has 1 aliphatic heterocycles. The van der Waals surface area contributed by atoms with Crippen LogP contribution >= 0.6 is 0 Å². The molecule has 1 atom stereocenters. The van der Waals surface area contributed by atoms with Gasteiger partial charge in [0.25, 0.3) is 0 Å².